The van der Waals surface area contributed by atoms with Crippen molar-refractivity contribution in [2.45, 2.75) is 63.5 Å². The molecule has 0 saturated heterocycles. The highest BCUT2D eigenvalue weighted by atomic mass is 28.3. The molecule has 1 N–H and O–H groups in total. The third-order valence-electron chi connectivity index (χ3n) is 6.80. The first kappa shape index (κ1) is 27.1. The van der Waals surface area contributed by atoms with E-state index < -0.39 is 19.8 Å². The molecule has 198 valence electrons. The summed E-state index contributed by atoms with van der Waals surface area (Å²) >= 11 is 0. The molecule has 2 heterocycles. The van der Waals surface area contributed by atoms with Crippen LogP contribution in [0.2, 0.25) is 25.7 Å². The third kappa shape index (κ3) is 6.14. The Morgan fingerprint density at radius 3 is 2.59 bits per heavy atom. The molecule has 0 amide bonds. The van der Waals surface area contributed by atoms with E-state index in [0.717, 1.165) is 25.1 Å². The number of hydrogen-bond donors (Lipinski definition) is 1. The molecule has 0 radical (unpaired) electrons. The Balaban J connectivity index is 1.75. The highest BCUT2D eigenvalue weighted by molar-refractivity contribution is 6.76. The summed E-state index contributed by atoms with van der Waals surface area (Å²) in [5, 5.41) is 13.2. The Bertz CT molecular complexity index is 1310. The van der Waals surface area contributed by atoms with Crippen molar-refractivity contribution >= 4 is 24.9 Å². The van der Waals surface area contributed by atoms with Gasteiger partial charge in [0.25, 0.3) is 0 Å². The lowest BCUT2D eigenvalue weighted by Gasteiger charge is -2.41. The number of ether oxygens (including phenoxy) is 1. The quantitative estimate of drug-likeness (QED) is 0.278. The van der Waals surface area contributed by atoms with E-state index in [2.05, 4.69) is 45.9 Å². The van der Waals surface area contributed by atoms with Crippen LogP contribution in [0.1, 0.15) is 24.0 Å². The molecule has 1 saturated carbocycles. The summed E-state index contributed by atoms with van der Waals surface area (Å²) < 4.78 is 49.9. The molecular weight excluding hydrogens is 497 g/mol. The Labute approximate surface area is 216 Å². The molecule has 0 bridgehead atoms. The van der Waals surface area contributed by atoms with Crippen molar-refractivity contribution in [2.75, 3.05) is 26.0 Å². The highest BCUT2D eigenvalue weighted by Crippen LogP contribution is 2.40. The van der Waals surface area contributed by atoms with Gasteiger partial charge in [-0.3, -0.25) is 0 Å². The lowest BCUT2D eigenvalue weighted by Crippen LogP contribution is -2.51. The number of nitriles is 1. The molecule has 7 nitrogen and oxygen atoms in total. The summed E-state index contributed by atoms with van der Waals surface area (Å²) in [4.78, 5) is 10.5. The number of likely N-dealkylation sites (N-methyl/N-ethyl adjacent to an activating group) is 1. The van der Waals surface area contributed by atoms with Crippen LogP contribution in [-0.2, 0) is 17.6 Å². The van der Waals surface area contributed by atoms with E-state index in [0.29, 0.717) is 28.6 Å². The molecule has 3 aromatic rings. The number of hydrogen-bond acceptors (Lipinski definition) is 6. The van der Waals surface area contributed by atoms with Crippen molar-refractivity contribution in [3.05, 3.63) is 41.7 Å². The van der Waals surface area contributed by atoms with E-state index in [1.54, 1.807) is 29.0 Å². The predicted molar refractivity (Wildman–Crippen MR) is 141 cm³/mol. The second kappa shape index (κ2) is 10.4. The largest absolute Gasteiger partial charge is 0.419 e. The molecule has 1 aliphatic rings. The molecule has 11 heteroatoms. The average Bonchev–Trinajstić information content (AvgIpc) is 3.15. The smallest absolute Gasteiger partial charge is 0.361 e. The Kier molecular flexibility index (Phi) is 7.64. The molecule has 0 aliphatic heterocycles. The Morgan fingerprint density at radius 1 is 1.24 bits per heavy atom. The van der Waals surface area contributed by atoms with Crippen LogP contribution in [0.15, 0.2) is 30.6 Å². The van der Waals surface area contributed by atoms with Crippen LogP contribution in [0.3, 0.4) is 0 Å². The Hall–Kier alpha value is -2.94. The van der Waals surface area contributed by atoms with Gasteiger partial charge in [-0.25, -0.2) is 9.97 Å². The zero-order chi connectivity index (χ0) is 27.0. The molecule has 37 heavy (non-hydrogen) atoms. The minimum Gasteiger partial charge on any atom is -0.361 e. The maximum Gasteiger partial charge on any atom is 0.419 e. The van der Waals surface area contributed by atoms with Crippen molar-refractivity contribution < 1.29 is 17.9 Å². The van der Waals surface area contributed by atoms with E-state index in [4.69, 9.17) is 4.74 Å². The van der Waals surface area contributed by atoms with Crippen LogP contribution in [-0.4, -0.2) is 60.3 Å². The molecule has 0 unspecified atom stereocenters. The average molecular weight is 531 g/mol. The van der Waals surface area contributed by atoms with Gasteiger partial charge >= 0.3 is 6.18 Å². The zero-order valence-electron chi connectivity index (χ0n) is 21.9. The predicted octanol–water partition coefficient (Wildman–Crippen LogP) is 5.81. The monoisotopic (exact) mass is 530 g/mol. The van der Waals surface area contributed by atoms with Gasteiger partial charge < -0.3 is 19.5 Å². The van der Waals surface area contributed by atoms with Crippen LogP contribution in [0.5, 0.6) is 0 Å². The number of fused-ring (bicyclic) bond motifs is 1. The molecule has 4 rings (SSSR count). The summed E-state index contributed by atoms with van der Waals surface area (Å²) in [7, 11) is 2.66. The van der Waals surface area contributed by atoms with E-state index in [9.17, 15) is 18.4 Å². The van der Waals surface area contributed by atoms with Gasteiger partial charge in [-0.2, -0.15) is 18.4 Å². The molecule has 1 fully saturated rings. The topological polar surface area (TPSA) is 79.0 Å². The fraction of sp³-hybridized carbons (Fsp3) is 0.500. The molecule has 1 aromatic carbocycles. The van der Waals surface area contributed by atoms with Crippen LogP contribution >= 0.6 is 0 Å². The van der Waals surface area contributed by atoms with Crippen molar-refractivity contribution in [1.29, 1.82) is 5.26 Å². The van der Waals surface area contributed by atoms with Crippen molar-refractivity contribution in [3.63, 3.8) is 0 Å². The summed E-state index contributed by atoms with van der Waals surface area (Å²) in [6, 6.07) is 8.36. The van der Waals surface area contributed by atoms with Crippen LogP contribution in [0, 0.1) is 11.3 Å². The normalized spacial score (nSPS) is 18.2. The number of benzene rings is 1. The van der Waals surface area contributed by atoms with E-state index in [-0.39, 0.29) is 30.5 Å². The molecular formula is C26H33F3N6OSi. The van der Waals surface area contributed by atoms with E-state index in [1.807, 2.05) is 14.1 Å². The number of halogens is 3. The molecule has 2 aromatic heterocycles. The van der Waals surface area contributed by atoms with Crippen molar-refractivity contribution in [1.82, 2.24) is 19.4 Å². The van der Waals surface area contributed by atoms with Gasteiger partial charge in [-0.1, -0.05) is 25.7 Å². The third-order valence-corrected chi connectivity index (χ3v) is 8.51. The number of rotatable bonds is 9. The highest BCUT2D eigenvalue weighted by Gasteiger charge is 2.37. The second-order valence-electron chi connectivity index (χ2n) is 11.0. The maximum atomic E-state index is 14.1. The van der Waals surface area contributed by atoms with Gasteiger partial charge in [-0.15, -0.1) is 0 Å². The molecule has 2 atom stereocenters. The van der Waals surface area contributed by atoms with Crippen LogP contribution < -0.4 is 5.32 Å². The van der Waals surface area contributed by atoms with Crippen LogP contribution in [0.4, 0.5) is 19.1 Å². The Morgan fingerprint density at radius 2 is 2.00 bits per heavy atom. The number of alkyl halides is 3. The van der Waals surface area contributed by atoms with Crippen LogP contribution in [0.25, 0.3) is 22.2 Å². The lowest BCUT2D eigenvalue weighted by molar-refractivity contribution is -0.137. The summed E-state index contributed by atoms with van der Waals surface area (Å²) in [5.41, 5.74) is 0.264. The first-order chi connectivity index (χ1) is 17.4. The van der Waals surface area contributed by atoms with Crippen molar-refractivity contribution in [3.8, 4) is 17.3 Å². The summed E-state index contributed by atoms with van der Waals surface area (Å²) in [5.74, 6) is 0.167. The van der Waals surface area contributed by atoms with Gasteiger partial charge in [0.15, 0.2) is 0 Å². The van der Waals surface area contributed by atoms with Gasteiger partial charge in [-0.05, 0) is 45.1 Å². The first-order valence-corrected chi connectivity index (χ1v) is 16.1. The summed E-state index contributed by atoms with van der Waals surface area (Å²) in [6.07, 6.45) is -0.248. The number of nitrogens with zero attached hydrogens (tertiary/aromatic N) is 5. The van der Waals surface area contributed by atoms with E-state index >= 15 is 0 Å². The number of nitrogens with one attached hydrogen (secondary N) is 1. The van der Waals surface area contributed by atoms with Gasteiger partial charge in [0, 0.05) is 50.1 Å². The number of aromatic nitrogens is 3. The minimum atomic E-state index is -4.63. The fourth-order valence-electron chi connectivity index (χ4n) is 4.50. The molecule has 1 aliphatic carbocycles. The number of anilines is 1. The first-order valence-electron chi connectivity index (χ1n) is 12.4. The van der Waals surface area contributed by atoms with Gasteiger partial charge in [0.2, 0.25) is 5.95 Å². The SMILES string of the molecule is CN(C)[C@H]1CC[C@@H]1Nc1ncc(C(F)(F)F)c(-c2cn(COCC[Si](C)(C)C)c3cc(C#N)ccc23)n1. The second-order valence-corrected chi connectivity index (χ2v) is 16.6. The fourth-order valence-corrected chi connectivity index (χ4v) is 5.25. The van der Waals surface area contributed by atoms with Gasteiger partial charge in [0.1, 0.15) is 12.3 Å². The summed E-state index contributed by atoms with van der Waals surface area (Å²) in [6.45, 7) is 7.49. The van der Waals surface area contributed by atoms with Crippen molar-refractivity contribution in [2.24, 2.45) is 0 Å². The lowest BCUT2D eigenvalue weighted by atomic mass is 9.85. The molecule has 0 spiro atoms. The van der Waals surface area contributed by atoms with E-state index in [1.165, 1.54) is 0 Å². The van der Waals surface area contributed by atoms with Gasteiger partial charge in [0.05, 0.1) is 22.8 Å². The maximum absolute atomic E-state index is 14.1. The standard InChI is InChI=1S/C26H33F3N6OSi/c1-34(2)22-9-8-21(22)32-25-31-14-20(26(27,28)29)24(33-25)19-15-35(16-36-10-11-37(3,4)5)23-12-17(13-30)6-7-18(19)23/h6-7,12,14-15,21-22H,8-11,16H2,1-5H3,(H,31,32,33)/t21-,22-/m0/s1. The zero-order valence-corrected chi connectivity index (χ0v) is 22.9. The minimum absolute atomic E-state index is 0.0684.